The standard InChI is InChI=1S/C7H9NO2S.ClH/c8-6(7(9)10)3-5-1-2-11-4-5;/h1-2,4,6H,3,8H2,(H,9,10);1H. The number of nitrogens with two attached hydrogens (primary N) is 1. The predicted octanol–water partition coefficient (Wildman–Crippen LogP) is 1.12. The van der Waals surface area contributed by atoms with Gasteiger partial charge in [-0.1, -0.05) is 0 Å². The number of carboxylic acid groups (broad SMARTS) is 1. The van der Waals surface area contributed by atoms with Gasteiger partial charge < -0.3 is 10.8 Å². The molecule has 1 heterocycles. The molecule has 1 unspecified atom stereocenters. The van der Waals surface area contributed by atoms with Crippen LogP contribution in [0.15, 0.2) is 16.8 Å². The van der Waals surface area contributed by atoms with E-state index in [9.17, 15) is 4.79 Å². The smallest absolute Gasteiger partial charge is 0.320 e. The number of hydrogen-bond donors (Lipinski definition) is 2. The molecule has 0 aliphatic carbocycles. The molecule has 0 fully saturated rings. The van der Waals surface area contributed by atoms with Crippen molar-refractivity contribution in [3.8, 4) is 0 Å². The molecule has 1 rings (SSSR count). The van der Waals surface area contributed by atoms with Crippen LogP contribution in [0.4, 0.5) is 0 Å². The van der Waals surface area contributed by atoms with Crippen molar-refractivity contribution in [3.63, 3.8) is 0 Å². The van der Waals surface area contributed by atoms with Crippen LogP contribution in [-0.4, -0.2) is 17.1 Å². The second-order valence-electron chi connectivity index (χ2n) is 2.28. The molecule has 5 heteroatoms. The van der Waals surface area contributed by atoms with Gasteiger partial charge in [-0.2, -0.15) is 11.3 Å². The fraction of sp³-hybridized carbons (Fsp3) is 0.286. The van der Waals surface area contributed by atoms with E-state index in [1.807, 2.05) is 16.8 Å². The Balaban J connectivity index is 0.00000121. The van der Waals surface area contributed by atoms with E-state index in [-0.39, 0.29) is 12.4 Å². The van der Waals surface area contributed by atoms with Crippen molar-refractivity contribution in [2.45, 2.75) is 12.5 Å². The zero-order valence-electron chi connectivity index (χ0n) is 6.27. The number of carbonyl (C=O) groups is 1. The number of aliphatic carboxylic acids is 1. The van der Waals surface area contributed by atoms with Gasteiger partial charge in [0.05, 0.1) is 0 Å². The molecule has 3 nitrogen and oxygen atoms in total. The SMILES string of the molecule is Cl.NC(Cc1ccsc1)C(=O)O. The van der Waals surface area contributed by atoms with Gasteiger partial charge in [-0.3, -0.25) is 4.79 Å². The summed E-state index contributed by atoms with van der Waals surface area (Å²) < 4.78 is 0. The molecule has 0 aliphatic rings. The van der Waals surface area contributed by atoms with Crippen molar-refractivity contribution < 1.29 is 9.90 Å². The Morgan fingerprint density at radius 1 is 1.75 bits per heavy atom. The summed E-state index contributed by atoms with van der Waals surface area (Å²) in [6.45, 7) is 0. The lowest BCUT2D eigenvalue weighted by Crippen LogP contribution is -2.31. The fourth-order valence-corrected chi connectivity index (χ4v) is 1.43. The van der Waals surface area contributed by atoms with Crippen molar-refractivity contribution in [3.05, 3.63) is 22.4 Å². The Morgan fingerprint density at radius 3 is 2.83 bits per heavy atom. The van der Waals surface area contributed by atoms with Crippen molar-refractivity contribution in [1.29, 1.82) is 0 Å². The highest BCUT2D eigenvalue weighted by Crippen LogP contribution is 2.07. The summed E-state index contributed by atoms with van der Waals surface area (Å²) in [6.07, 6.45) is 0.416. The van der Waals surface area contributed by atoms with Crippen molar-refractivity contribution in [2.24, 2.45) is 5.73 Å². The Bertz CT molecular complexity index is 238. The van der Waals surface area contributed by atoms with Crippen LogP contribution in [0.5, 0.6) is 0 Å². The average Bonchev–Trinajstić information content (AvgIpc) is 2.39. The summed E-state index contributed by atoms with van der Waals surface area (Å²) in [5.41, 5.74) is 6.30. The van der Waals surface area contributed by atoms with E-state index in [4.69, 9.17) is 10.8 Å². The molecule has 68 valence electrons. The lowest BCUT2D eigenvalue weighted by Gasteiger charge is -2.02. The Labute approximate surface area is 80.6 Å². The molecule has 1 aromatic rings. The van der Waals surface area contributed by atoms with Crippen LogP contribution in [0.3, 0.4) is 0 Å². The summed E-state index contributed by atoms with van der Waals surface area (Å²) in [5.74, 6) is -0.948. The summed E-state index contributed by atoms with van der Waals surface area (Å²) in [5, 5.41) is 12.3. The van der Waals surface area contributed by atoms with Gasteiger partial charge >= 0.3 is 5.97 Å². The topological polar surface area (TPSA) is 63.3 Å². The molecular formula is C7H10ClNO2S. The van der Waals surface area contributed by atoms with E-state index < -0.39 is 12.0 Å². The minimum Gasteiger partial charge on any atom is -0.480 e. The molecule has 0 radical (unpaired) electrons. The molecule has 0 bridgehead atoms. The third-order valence-electron chi connectivity index (χ3n) is 1.35. The molecule has 0 aliphatic heterocycles. The largest absolute Gasteiger partial charge is 0.480 e. The van der Waals surface area contributed by atoms with Crippen LogP contribution in [-0.2, 0) is 11.2 Å². The highest BCUT2D eigenvalue weighted by Gasteiger charge is 2.11. The zero-order valence-corrected chi connectivity index (χ0v) is 7.90. The Morgan fingerprint density at radius 2 is 2.42 bits per heavy atom. The third kappa shape index (κ3) is 3.21. The fourth-order valence-electron chi connectivity index (χ4n) is 0.750. The first kappa shape index (κ1) is 11.4. The van der Waals surface area contributed by atoms with E-state index in [1.54, 1.807) is 11.3 Å². The molecular weight excluding hydrogens is 198 g/mol. The Hall–Kier alpha value is -0.580. The van der Waals surface area contributed by atoms with Gasteiger partial charge in [0.25, 0.3) is 0 Å². The van der Waals surface area contributed by atoms with Gasteiger partial charge in [-0.15, -0.1) is 12.4 Å². The lowest BCUT2D eigenvalue weighted by atomic mass is 10.1. The quantitative estimate of drug-likeness (QED) is 0.781. The van der Waals surface area contributed by atoms with Crippen LogP contribution >= 0.6 is 23.7 Å². The molecule has 1 atom stereocenters. The first-order valence-electron chi connectivity index (χ1n) is 3.19. The van der Waals surface area contributed by atoms with E-state index in [2.05, 4.69) is 0 Å². The normalized spacial score (nSPS) is 11.8. The minimum atomic E-state index is -0.948. The summed E-state index contributed by atoms with van der Waals surface area (Å²) in [7, 11) is 0. The molecule has 0 saturated carbocycles. The van der Waals surface area contributed by atoms with Crippen LogP contribution in [0.1, 0.15) is 5.56 Å². The Kier molecular flexibility index (Phi) is 4.89. The summed E-state index contributed by atoms with van der Waals surface area (Å²) in [6, 6.07) is 1.11. The summed E-state index contributed by atoms with van der Waals surface area (Å²) in [4.78, 5) is 10.3. The maximum absolute atomic E-state index is 10.3. The van der Waals surface area contributed by atoms with Crippen LogP contribution in [0, 0.1) is 0 Å². The highest BCUT2D eigenvalue weighted by atomic mass is 35.5. The van der Waals surface area contributed by atoms with Gasteiger partial charge in [0, 0.05) is 0 Å². The minimum absolute atomic E-state index is 0. The van der Waals surface area contributed by atoms with Crippen molar-refractivity contribution in [1.82, 2.24) is 0 Å². The van der Waals surface area contributed by atoms with Gasteiger partial charge in [0.1, 0.15) is 6.04 Å². The van der Waals surface area contributed by atoms with Crippen molar-refractivity contribution in [2.75, 3.05) is 0 Å². The average molecular weight is 208 g/mol. The number of halogens is 1. The molecule has 0 saturated heterocycles. The third-order valence-corrected chi connectivity index (χ3v) is 2.08. The summed E-state index contributed by atoms with van der Waals surface area (Å²) >= 11 is 1.54. The second kappa shape index (κ2) is 5.13. The zero-order chi connectivity index (χ0) is 8.27. The molecule has 12 heavy (non-hydrogen) atoms. The van der Waals surface area contributed by atoms with E-state index in [0.717, 1.165) is 5.56 Å². The second-order valence-corrected chi connectivity index (χ2v) is 3.06. The first-order valence-corrected chi connectivity index (χ1v) is 4.14. The predicted molar refractivity (Wildman–Crippen MR) is 50.9 cm³/mol. The van der Waals surface area contributed by atoms with Gasteiger partial charge in [-0.05, 0) is 28.8 Å². The molecule has 0 amide bonds. The number of hydrogen-bond acceptors (Lipinski definition) is 3. The lowest BCUT2D eigenvalue weighted by molar-refractivity contribution is -0.138. The van der Waals surface area contributed by atoms with Gasteiger partial charge in [0.15, 0.2) is 0 Å². The van der Waals surface area contributed by atoms with Gasteiger partial charge in [0.2, 0.25) is 0 Å². The maximum atomic E-state index is 10.3. The highest BCUT2D eigenvalue weighted by molar-refractivity contribution is 7.07. The van der Waals surface area contributed by atoms with Gasteiger partial charge in [-0.25, -0.2) is 0 Å². The molecule has 3 N–H and O–H groups in total. The van der Waals surface area contributed by atoms with Crippen molar-refractivity contribution >= 4 is 29.7 Å². The molecule has 0 aromatic carbocycles. The molecule has 1 aromatic heterocycles. The van der Waals surface area contributed by atoms with Crippen LogP contribution in [0.25, 0.3) is 0 Å². The number of thiophene rings is 1. The molecule has 0 spiro atoms. The first-order chi connectivity index (χ1) is 5.20. The maximum Gasteiger partial charge on any atom is 0.320 e. The number of rotatable bonds is 3. The van der Waals surface area contributed by atoms with Crippen LogP contribution < -0.4 is 5.73 Å². The number of carboxylic acids is 1. The van der Waals surface area contributed by atoms with E-state index in [0.29, 0.717) is 6.42 Å². The van der Waals surface area contributed by atoms with Crippen LogP contribution in [0.2, 0.25) is 0 Å². The van der Waals surface area contributed by atoms with E-state index >= 15 is 0 Å². The monoisotopic (exact) mass is 207 g/mol. The van der Waals surface area contributed by atoms with E-state index in [1.165, 1.54) is 0 Å².